The predicted molar refractivity (Wildman–Crippen MR) is 97.1 cm³/mol. The summed E-state index contributed by atoms with van der Waals surface area (Å²) in [7, 11) is 0. The summed E-state index contributed by atoms with van der Waals surface area (Å²) in [5.74, 6) is -0.848. The number of carboxylic acids is 1. The number of aliphatic carboxylic acids is 1. The second kappa shape index (κ2) is 10.4. The number of hydrogen-bond acceptors (Lipinski definition) is 3. The molecule has 0 aromatic heterocycles. The zero-order valence-electron chi connectivity index (χ0n) is 14.2. The van der Waals surface area contributed by atoms with Gasteiger partial charge in [0, 0.05) is 6.42 Å². The zero-order valence-corrected chi connectivity index (χ0v) is 14.2. The van der Waals surface area contributed by atoms with Crippen LogP contribution in [0.4, 0.5) is 0 Å². The van der Waals surface area contributed by atoms with E-state index < -0.39 is 5.97 Å². The molecule has 0 unspecified atom stereocenters. The van der Waals surface area contributed by atoms with Crippen LogP contribution < -0.4 is 0 Å². The van der Waals surface area contributed by atoms with Crippen LogP contribution in [0.5, 0.6) is 0 Å². The zero-order chi connectivity index (χ0) is 17.9. The van der Waals surface area contributed by atoms with Crippen molar-refractivity contribution in [2.45, 2.75) is 38.3 Å². The average molecular weight is 340 g/mol. The molecule has 4 heteroatoms. The standard InChI is InChI=1S/C21H24O4/c1-2-19(24-15-17-9-5-3-6-10-17)20(13-14-21(22)23)25-16-18-11-7-4-8-12-18/h2-12,19-20H,1,13-16H2,(H,22,23)/t19-,20+/m1/s1. The Kier molecular flexibility index (Phi) is 7.89. The van der Waals surface area contributed by atoms with Crippen molar-refractivity contribution >= 4 is 5.97 Å². The number of carbonyl (C=O) groups is 1. The van der Waals surface area contributed by atoms with Gasteiger partial charge in [-0.2, -0.15) is 0 Å². The number of carboxylic acid groups (broad SMARTS) is 1. The van der Waals surface area contributed by atoms with Crippen molar-refractivity contribution in [3.63, 3.8) is 0 Å². The Morgan fingerprint density at radius 3 is 1.96 bits per heavy atom. The Morgan fingerprint density at radius 1 is 0.960 bits per heavy atom. The second-order valence-electron chi connectivity index (χ2n) is 5.76. The van der Waals surface area contributed by atoms with Gasteiger partial charge in [-0.05, 0) is 17.5 Å². The van der Waals surface area contributed by atoms with E-state index in [0.29, 0.717) is 19.6 Å². The Balaban J connectivity index is 1.97. The van der Waals surface area contributed by atoms with Crippen LogP contribution in [0.2, 0.25) is 0 Å². The molecule has 0 radical (unpaired) electrons. The molecule has 0 bridgehead atoms. The normalized spacial score (nSPS) is 13.1. The van der Waals surface area contributed by atoms with E-state index in [1.807, 2.05) is 60.7 Å². The Bertz CT molecular complexity index is 639. The molecule has 0 saturated heterocycles. The molecule has 0 amide bonds. The maximum Gasteiger partial charge on any atom is 0.303 e. The highest BCUT2D eigenvalue weighted by atomic mass is 16.5. The van der Waals surface area contributed by atoms with Gasteiger partial charge >= 0.3 is 5.97 Å². The van der Waals surface area contributed by atoms with E-state index in [9.17, 15) is 4.79 Å². The van der Waals surface area contributed by atoms with Crippen molar-refractivity contribution in [1.82, 2.24) is 0 Å². The fraction of sp³-hybridized carbons (Fsp3) is 0.286. The summed E-state index contributed by atoms with van der Waals surface area (Å²) in [6.07, 6.45) is 1.34. The van der Waals surface area contributed by atoms with E-state index >= 15 is 0 Å². The minimum absolute atomic E-state index is 0.0263. The summed E-state index contributed by atoms with van der Waals surface area (Å²) in [6.45, 7) is 4.66. The van der Waals surface area contributed by atoms with Gasteiger partial charge in [-0.15, -0.1) is 6.58 Å². The lowest BCUT2D eigenvalue weighted by Gasteiger charge is -2.25. The number of ether oxygens (including phenoxy) is 2. The highest BCUT2D eigenvalue weighted by Crippen LogP contribution is 2.17. The van der Waals surface area contributed by atoms with Gasteiger partial charge in [0.05, 0.1) is 19.3 Å². The Hall–Kier alpha value is -2.43. The van der Waals surface area contributed by atoms with Gasteiger partial charge in [0.15, 0.2) is 0 Å². The number of rotatable bonds is 11. The third-order valence-electron chi connectivity index (χ3n) is 3.83. The van der Waals surface area contributed by atoms with Gasteiger partial charge in [-0.25, -0.2) is 0 Å². The van der Waals surface area contributed by atoms with Gasteiger partial charge in [-0.3, -0.25) is 4.79 Å². The van der Waals surface area contributed by atoms with E-state index in [1.54, 1.807) is 6.08 Å². The number of benzene rings is 2. The van der Waals surface area contributed by atoms with Gasteiger partial charge in [0.1, 0.15) is 6.10 Å². The highest BCUT2D eigenvalue weighted by Gasteiger charge is 2.21. The molecule has 0 spiro atoms. The molecule has 25 heavy (non-hydrogen) atoms. The molecule has 0 aliphatic carbocycles. The quantitative estimate of drug-likeness (QED) is 0.623. The molecule has 2 atom stereocenters. The highest BCUT2D eigenvalue weighted by molar-refractivity contribution is 5.66. The lowest BCUT2D eigenvalue weighted by Crippen LogP contribution is -2.30. The summed E-state index contributed by atoms with van der Waals surface area (Å²) in [4.78, 5) is 10.9. The van der Waals surface area contributed by atoms with Crippen molar-refractivity contribution in [3.05, 3.63) is 84.4 Å². The summed E-state index contributed by atoms with van der Waals surface area (Å²) in [6, 6.07) is 19.6. The molecule has 2 aromatic carbocycles. The molecule has 4 nitrogen and oxygen atoms in total. The van der Waals surface area contributed by atoms with Gasteiger partial charge in [0.25, 0.3) is 0 Å². The second-order valence-corrected chi connectivity index (χ2v) is 5.76. The summed E-state index contributed by atoms with van der Waals surface area (Å²) < 4.78 is 11.9. The van der Waals surface area contributed by atoms with E-state index in [4.69, 9.17) is 14.6 Å². The van der Waals surface area contributed by atoms with Crippen LogP contribution in [0.1, 0.15) is 24.0 Å². The fourth-order valence-corrected chi connectivity index (χ4v) is 2.48. The van der Waals surface area contributed by atoms with Crippen LogP contribution in [0.15, 0.2) is 73.3 Å². The molecule has 132 valence electrons. The molecule has 2 rings (SSSR count). The summed E-state index contributed by atoms with van der Waals surface area (Å²) >= 11 is 0. The first-order chi connectivity index (χ1) is 12.2. The number of hydrogen-bond donors (Lipinski definition) is 1. The van der Waals surface area contributed by atoms with Crippen molar-refractivity contribution in [2.24, 2.45) is 0 Å². The van der Waals surface area contributed by atoms with Gasteiger partial charge < -0.3 is 14.6 Å². The van der Waals surface area contributed by atoms with Gasteiger partial charge in [0.2, 0.25) is 0 Å². The molecular weight excluding hydrogens is 316 g/mol. The molecule has 0 saturated carbocycles. The monoisotopic (exact) mass is 340 g/mol. The smallest absolute Gasteiger partial charge is 0.303 e. The minimum atomic E-state index is -0.848. The summed E-state index contributed by atoms with van der Waals surface area (Å²) in [5, 5.41) is 8.99. The predicted octanol–water partition coefficient (Wildman–Crippen LogP) is 4.21. The van der Waals surface area contributed by atoms with Crippen LogP contribution in [0.25, 0.3) is 0 Å². The van der Waals surface area contributed by atoms with Crippen LogP contribution in [0.3, 0.4) is 0 Å². The molecule has 2 aromatic rings. The van der Waals surface area contributed by atoms with Crippen molar-refractivity contribution < 1.29 is 19.4 Å². The van der Waals surface area contributed by atoms with Crippen molar-refractivity contribution in [1.29, 1.82) is 0 Å². The first-order valence-corrected chi connectivity index (χ1v) is 8.34. The maximum absolute atomic E-state index is 10.9. The first-order valence-electron chi connectivity index (χ1n) is 8.34. The lowest BCUT2D eigenvalue weighted by molar-refractivity contribution is -0.138. The fourth-order valence-electron chi connectivity index (χ4n) is 2.48. The van der Waals surface area contributed by atoms with E-state index in [0.717, 1.165) is 11.1 Å². The van der Waals surface area contributed by atoms with E-state index in [2.05, 4.69) is 6.58 Å². The SMILES string of the molecule is C=C[C@@H](OCc1ccccc1)[C@H](CCC(=O)O)OCc1ccccc1. The van der Waals surface area contributed by atoms with Gasteiger partial charge in [-0.1, -0.05) is 66.7 Å². The first kappa shape index (κ1) is 18.9. The van der Waals surface area contributed by atoms with Crippen LogP contribution in [-0.2, 0) is 27.5 Å². The largest absolute Gasteiger partial charge is 0.481 e. The third-order valence-corrected chi connectivity index (χ3v) is 3.83. The van der Waals surface area contributed by atoms with Crippen molar-refractivity contribution in [2.75, 3.05) is 0 Å². The van der Waals surface area contributed by atoms with Crippen molar-refractivity contribution in [3.8, 4) is 0 Å². The van der Waals surface area contributed by atoms with Crippen LogP contribution in [0, 0.1) is 0 Å². The Morgan fingerprint density at radius 2 is 1.48 bits per heavy atom. The summed E-state index contributed by atoms with van der Waals surface area (Å²) in [5.41, 5.74) is 2.09. The van der Waals surface area contributed by atoms with Crippen LogP contribution in [-0.4, -0.2) is 23.3 Å². The molecule has 0 aliphatic rings. The molecule has 0 aliphatic heterocycles. The molecular formula is C21H24O4. The average Bonchev–Trinajstić information content (AvgIpc) is 2.65. The third kappa shape index (κ3) is 6.91. The lowest BCUT2D eigenvalue weighted by atomic mass is 10.1. The molecule has 1 N–H and O–H groups in total. The topological polar surface area (TPSA) is 55.8 Å². The van der Waals surface area contributed by atoms with Crippen LogP contribution >= 0.6 is 0 Å². The molecule has 0 heterocycles. The van der Waals surface area contributed by atoms with E-state index in [1.165, 1.54) is 0 Å². The minimum Gasteiger partial charge on any atom is -0.481 e. The maximum atomic E-state index is 10.9. The Labute approximate surface area is 148 Å². The molecule has 0 fully saturated rings. The van der Waals surface area contributed by atoms with E-state index in [-0.39, 0.29) is 18.6 Å².